The maximum Gasteiger partial charge on any atom is 0.338 e. The molecule has 7 rings (SSSR count). The molecule has 0 aliphatic carbocycles. The van der Waals surface area contributed by atoms with Crippen LogP contribution >= 0.6 is 0 Å². The van der Waals surface area contributed by atoms with Gasteiger partial charge in [-0.1, -0.05) is 145 Å². The molecule has 5 fully saturated rings. The van der Waals surface area contributed by atoms with Crippen molar-refractivity contribution in [2.24, 2.45) is 15.3 Å². The summed E-state index contributed by atoms with van der Waals surface area (Å²) in [7, 11) is 2.32. The largest absolute Gasteiger partial charge is 0.467 e. The molecule has 10 unspecified atom stereocenters. The van der Waals surface area contributed by atoms with Gasteiger partial charge in [0.05, 0.1) is 37.1 Å². The third-order valence-corrected chi connectivity index (χ3v) is 19.9. The van der Waals surface area contributed by atoms with Crippen LogP contribution < -0.4 is 0 Å². The third-order valence-electron chi connectivity index (χ3n) is 19.9. The SMILES string of the molecule is CCCCOC(=O)C1O[C@@H](O[C@@H]2C(COC(C)=O)O[C@H](O[C@@H]3C(C(=O)OC)O[C@@H](O[C@@H]4C(COC(=O)c5ccccc5)O[C@H](OC)C(N=[N+]=[N-])[C@H]4OCCCC)[C@@H](OC(=O)c4ccccc4)C3OCCCC)C(N=[N+]=[N-])[C@H]2OC(C)=O)[C@@H](OCCCC)C(OCCCC)[C@@H]1O[C@H]1OC(COC(C)=O)[C@@H](OCCCC)[C@H](OCCCC)C1N=[N+]=[N-]. The number of ether oxygens (including phenoxy) is 23. The van der Waals surface area contributed by atoms with Crippen LogP contribution in [-0.4, -0.2) is 275 Å². The number of rotatable bonds is 51. The first-order chi connectivity index (χ1) is 57.7. The Kier molecular flexibility index (Phi) is 43.7. The second kappa shape index (κ2) is 53.0. The number of carbonyl (C=O) groups is 7. The Labute approximate surface area is 692 Å². The van der Waals surface area contributed by atoms with E-state index in [1.807, 2.05) is 48.5 Å². The molecule has 0 aromatic heterocycles. The number of hydrogen-bond acceptors (Lipinski definition) is 33. The molecular weight excluding hydrogens is 1570 g/mol. The van der Waals surface area contributed by atoms with Crippen molar-refractivity contribution < 1.29 is 143 Å². The molecule has 5 aliphatic rings. The van der Waals surface area contributed by atoms with E-state index in [0.717, 1.165) is 27.4 Å². The van der Waals surface area contributed by atoms with Crippen LogP contribution in [0.5, 0.6) is 0 Å². The van der Waals surface area contributed by atoms with Gasteiger partial charge in [0.25, 0.3) is 0 Å². The summed E-state index contributed by atoms with van der Waals surface area (Å²) >= 11 is 0. The standard InChI is InChI=1S/C80H119N9O30/c1-13-20-37-99-58-52(44-106-47(8)90)111-77(56(85-88-82)61(58)100-38-21-14-2)116-66-64(102-40-23-16-4)70(104-42-25-18-6)79(119-69(66)75(96)105-43-26-19-7)115-60-53(45-107-48(9)91)112-78(57(86-89-83)63(60)109-49(10)92)117-67-65(103-41-24-17-5)71(113-73(94)51-35-31-28-32-36-51)80(118-68(67)74(95)97-11)114-59-54(46-108-72(93)50-33-29-27-30-34-50)110-76(98-12)55(84-87-81)62(59)101-39-22-15-3/h27-36,52-71,76-80H,13-26,37-46H2,1-12H3/t52?,53?,54?,55?,56?,57?,58-,59-,60-,61-,62-,63-,64?,65?,66+,67+,68?,69?,70+,71+,76+,77-,78-,79-,80-/m1/s1. The first kappa shape index (κ1) is 98.1. The minimum atomic E-state index is -2.09. The van der Waals surface area contributed by atoms with Crippen molar-refractivity contribution in [1.82, 2.24) is 0 Å². The predicted molar refractivity (Wildman–Crippen MR) is 416 cm³/mol. The van der Waals surface area contributed by atoms with Gasteiger partial charge in [0.15, 0.2) is 49.8 Å². The highest BCUT2D eigenvalue weighted by atomic mass is 16.8. The Bertz CT molecular complexity index is 3550. The molecule has 39 heteroatoms. The molecule has 2 aromatic carbocycles. The van der Waals surface area contributed by atoms with E-state index in [1.54, 1.807) is 36.4 Å². The van der Waals surface area contributed by atoms with E-state index in [2.05, 4.69) is 30.1 Å². The van der Waals surface area contributed by atoms with Crippen LogP contribution in [0, 0.1) is 0 Å². The van der Waals surface area contributed by atoms with Gasteiger partial charge in [-0.05, 0) is 85.8 Å². The Morgan fingerprint density at radius 2 is 0.697 bits per heavy atom. The fraction of sp³-hybridized carbons (Fsp3) is 0.762. The van der Waals surface area contributed by atoms with Gasteiger partial charge in [-0.25, -0.2) is 19.2 Å². The highest BCUT2D eigenvalue weighted by Gasteiger charge is 2.62. The van der Waals surface area contributed by atoms with Crippen molar-refractivity contribution in [3.05, 3.63) is 103 Å². The number of nitrogens with zero attached hydrogens (tertiary/aromatic N) is 9. The van der Waals surface area contributed by atoms with Crippen molar-refractivity contribution in [2.45, 2.75) is 312 Å². The van der Waals surface area contributed by atoms with Crippen LogP contribution in [0.3, 0.4) is 0 Å². The van der Waals surface area contributed by atoms with E-state index < -0.39 is 208 Å². The Morgan fingerprint density at radius 1 is 0.345 bits per heavy atom. The maximum absolute atomic E-state index is 15.3. The lowest BCUT2D eigenvalue weighted by Crippen LogP contribution is -2.69. The van der Waals surface area contributed by atoms with Crippen molar-refractivity contribution in [3.63, 3.8) is 0 Å². The number of methoxy groups -OCH3 is 2. The topological polar surface area (TPSA) is 478 Å². The Balaban J connectivity index is 1.40. The van der Waals surface area contributed by atoms with Gasteiger partial charge in [-0.15, -0.1) is 0 Å². The van der Waals surface area contributed by atoms with Crippen molar-refractivity contribution in [1.29, 1.82) is 0 Å². The van der Waals surface area contributed by atoms with E-state index in [9.17, 15) is 45.4 Å². The van der Waals surface area contributed by atoms with Gasteiger partial charge in [0.1, 0.15) is 111 Å². The monoisotopic (exact) mass is 1690 g/mol. The molecule has 0 saturated carbocycles. The molecule has 0 spiro atoms. The molecule has 5 heterocycles. The van der Waals surface area contributed by atoms with Gasteiger partial charge in [0.2, 0.25) is 0 Å². The van der Waals surface area contributed by atoms with E-state index in [-0.39, 0.29) is 64.0 Å². The van der Waals surface area contributed by atoms with E-state index in [1.165, 1.54) is 38.3 Å². The van der Waals surface area contributed by atoms with Crippen LogP contribution in [0.2, 0.25) is 0 Å². The zero-order chi connectivity index (χ0) is 86.2. The minimum absolute atomic E-state index is 0.000544. The molecule has 0 N–H and O–H groups in total. The average Bonchev–Trinajstić information content (AvgIpc) is 0.755. The number of unbranched alkanes of at least 4 members (excludes halogenated alkanes) is 7. The number of hydrogen-bond donors (Lipinski definition) is 0. The summed E-state index contributed by atoms with van der Waals surface area (Å²) in [5.41, 5.74) is 31.5. The summed E-state index contributed by atoms with van der Waals surface area (Å²) < 4.78 is 149. The molecule has 0 bridgehead atoms. The van der Waals surface area contributed by atoms with Crippen LogP contribution in [0.15, 0.2) is 76.0 Å². The van der Waals surface area contributed by atoms with E-state index in [4.69, 9.17) is 109 Å². The fourth-order valence-electron chi connectivity index (χ4n) is 13.8. The number of carbonyl (C=O) groups excluding carboxylic acids is 7. The molecule has 0 radical (unpaired) electrons. The fourth-order valence-corrected chi connectivity index (χ4v) is 13.8. The summed E-state index contributed by atoms with van der Waals surface area (Å²) in [5.74, 6) is -6.53. The highest BCUT2D eigenvalue weighted by molar-refractivity contribution is 5.90. The lowest BCUT2D eigenvalue weighted by atomic mass is 9.93. The zero-order valence-electron chi connectivity index (χ0n) is 70.0. The molecular formula is C80H119N9O30. The first-order valence-corrected chi connectivity index (χ1v) is 41.1. The second-order valence-electron chi connectivity index (χ2n) is 28.8. The van der Waals surface area contributed by atoms with Crippen LogP contribution in [0.4, 0.5) is 0 Å². The summed E-state index contributed by atoms with van der Waals surface area (Å²) in [6, 6.07) is 11.1. The summed E-state index contributed by atoms with van der Waals surface area (Å²) in [6.45, 7) is 15.0. The Hall–Kier alpha value is -7.98. The van der Waals surface area contributed by atoms with Crippen LogP contribution in [0.25, 0.3) is 31.3 Å². The third kappa shape index (κ3) is 28.8. The smallest absolute Gasteiger partial charge is 0.338 e. The van der Waals surface area contributed by atoms with Gasteiger partial charge >= 0.3 is 41.8 Å². The zero-order valence-corrected chi connectivity index (χ0v) is 70.0. The number of azide groups is 3. The summed E-state index contributed by atoms with van der Waals surface area (Å²) in [6.07, 6.45) is -28.8. The summed E-state index contributed by atoms with van der Waals surface area (Å²) in [4.78, 5) is 108. The maximum atomic E-state index is 15.3. The van der Waals surface area contributed by atoms with Crippen molar-refractivity contribution in [3.8, 4) is 0 Å². The van der Waals surface area contributed by atoms with E-state index in [0.29, 0.717) is 83.5 Å². The lowest BCUT2D eigenvalue weighted by Gasteiger charge is -2.51. The molecule has 25 atom stereocenters. The van der Waals surface area contributed by atoms with Crippen LogP contribution in [0.1, 0.15) is 180 Å². The average molecular weight is 1690 g/mol. The molecule has 119 heavy (non-hydrogen) atoms. The molecule has 0 amide bonds. The quantitative estimate of drug-likeness (QED) is 0.0148. The van der Waals surface area contributed by atoms with E-state index >= 15 is 4.79 Å². The van der Waals surface area contributed by atoms with Gasteiger partial charge in [-0.2, -0.15) is 0 Å². The second-order valence-corrected chi connectivity index (χ2v) is 28.8. The minimum Gasteiger partial charge on any atom is -0.467 e. The van der Waals surface area contributed by atoms with Gasteiger partial charge in [0, 0.05) is 82.3 Å². The lowest BCUT2D eigenvalue weighted by molar-refractivity contribution is -0.380. The highest BCUT2D eigenvalue weighted by Crippen LogP contribution is 2.42. The number of benzene rings is 2. The van der Waals surface area contributed by atoms with Gasteiger partial charge in [-0.3, -0.25) is 14.4 Å². The molecule has 5 aliphatic heterocycles. The molecule has 2 aromatic rings. The molecule has 664 valence electrons. The predicted octanol–water partition coefficient (Wildman–Crippen LogP) is 10.6. The normalized spacial score (nSPS) is 30.5. The number of esters is 7. The van der Waals surface area contributed by atoms with Crippen molar-refractivity contribution >= 4 is 41.8 Å². The van der Waals surface area contributed by atoms with Crippen LogP contribution in [-0.2, 0) is 133 Å². The molecule has 5 saturated heterocycles. The molecule has 39 nitrogen and oxygen atoms in total. The van der Waals surface area contributed by atoms with Gasteiger partial charge < -0.3 is 109 Å². The first-order valence-electron chi connectivity index (χ1n) is 41.1. The Morgan fingerprint density at radius 3 is 1.13 bits per heavy atom. The summed E-state index contributed by atoms with van der Waals surface area (Å²) in [5, 5.41) is 12.4. The van der Waals surface area contributed by atoms with Crippen molar-refractivity contribution in [2.75, 3.05) is 80.3 Å².